The van der Waals surface area contributed by atoms with Crippen molar-refractivity contribution >= 4 is 21.6 Å². The molecular formula is C7H9BrN2. The van der Waals surface area contributed by atoms with Gasteiger partial charge in [0.15, 0.2) is 0 Å². The third kappa shape index (κ3) is 1.29. The number of rotatable bonds is 0. The zero-order valence-electron chi connectivity index (χ0n) is 5.98. The normalized spacial score (nSPS) is 9.90. The van der Waals surface area contributed by atoms with Gasteiger partial charge >= 0.3 is 0 Å². The second-order valence-electron chi connectivity index (χ2n) is 2.24. The van der Waals surface area contributed by atoms with E-state index in [0.717, 1.165) is 21.5 Å². The second kappa shape index (κ2) is 2.58. The molecule has 0 radical (unpaired) electrons. The summed E-state index contributed by atoms with van der Waals surface area (Å²) in [5.41, 5.74) is 8.48. The Hall–Kier alpha value is -0.570. The van der Waals surface area contributed by atoms with E-state index in [1.165, 1.54) is 0 Å². The lowest BCUT2D eigenvalue weighted by Crippen LogP contribution is -1.95. The highest BCUT2D eigenvalue weighted by Gasteiger charge is 1.99. The van der Waals surface area contributed by atoms with Crippen LogP contribution in [0.2, 0.25) is 0 Å². The lowest BCUT2D eigenvalue weighted by atomic mass is 10.2. The Bertz CT molecular complexity index is 235. The maximum absolute atomic E-state index is 5.65. The zero-order chi connectivity index (χ0) is 7.72. The van der Waals surface area contributed by atoms with Gasteiger partial charge in [-0.3, -0.25) is 0 Å². The van der Waals surface area contributed by atoms with E-state index in [0.29, 0.717) is 0 Å². The standard InChI is InChI=1S/C7H9BrN2/c1-4-5(2)10-7(8)3-6(4)9/h3H,1-2H3,(H2,9,10). The van der Waals surface area contributed by atoms with Crippen LogP contribution in [0.5, 0.6) is 0 Å². The molecule has 2 N–H and O–H groups in total. The molecule has 0 spiro atoms. The average molecular weight is 201 g/mol. The first-order chi connectivity index (χ1) is 4.61. The summed E-state index contributed by atoms with van der Waals surface area (Å²) >= 11 is 3.26. The molecule has 0 amide bonds. The van der Waals surface area contributed by atoms with Crippen LogP contribution >= 0.6 is 15.9 Å². The number of nitrogens with zero attached hydrogens (tertiary/aromatic N) is 1. The van der Waals surface area contributed by atoms with Crippen molar-refractivity contribution in [1.82, 2.24) is 4.98 Å². The van der Waals surface area contributed by atoms with Gasteiger partial charge in [0.05, 0.1) is 0 Å². The van der Waals surface area contributed by atoms with E-state index in [2.05, 4.69) is 20.9 Å². The highest BCUT2D eigenvalue weighted by molar-refractivity contribution is 9.10. The Balaban J connectivity index is 3.31. The van der Waals surface area contributed by atoms with E-state index < -0.39 is 0 Å². The number of hydrogen-bond acceptors (Lipinski definition) is 2. The van der Waals surface area contributed by atoms with Crippen LogP contribution in [0, 0.1) is 13.8 Å². The smallest absolute Gasteiger partial charge is 0.108 e. The molecule has 0 unspecified atom stereocenters. The molecule has 1 heterocycles. The van der Waals surface area contributed by atoms with Gasteiger partial charge in [0.1, 0.15) is 4.60 Å². The maximum atomic E-state index is 5.65. The van der Waals surface area contributed by atoms with E-state index in [4.69, 9.17) is 5.73 Å². The Morgan fingerprint density at radius 3 is 2.60 bits per heavy atom. The maximum Gasteiger partial charge on any atom is 0.108 e. The van der Waals surface area contributed by atoms with Gasteiger partial charge in [-0.1, -0.05) is 0 Å². The summed E-state index contributed by atoms with van der Waals surface area (Å²) in [6.07, 6.45) is 0. The predicted molar refractivity (Wildman–Crippen MR) is 45.8 cm³/mol. The van der Waals surface area contributed by atoms with Crippen LogP contribution in [0.4, 0.5) is 5.69 Å². The van der Waals surface area contributed by atoms with Crippen molar-refractivity contribution in [3.05, 3.63) is 21.9 Å². The van der Waals surface area contributed by atoms with Crippen molar-refractivity contribution in [2.45, 2.75) is 13.8 Å². The van der Waals surface area contributed by atoms with E-state index in [9.17, 15) is 0 Å². The van der Waals surface area contributed by atoms with Gasteiger partial charge in [-0.2, -0.15) is 0 Å². The predicted octanol–water partition coefficient (Wildman–Crippen LogP) is 2.04. The number of nitrogens with two attached hydrogens (primary N) is 1. The second-order valence-corrected chi connectivity index (χ2v) is 3.06. The monoisotopic (exact) mass is 200 g/mol. The number of hydrogen-bond donors (Lipinski definition) is 1. The van der Waals surface area contributed by atoms with Crippen LogP contribution < -0.4 is 5.73 Å². The molecule has 0 saturated heterocycles. The largest absolute Gasteiger partial charge is 0.398 e. The Labute approximate surface area is 68.6 Å². The van der Waals surface area contributed by atoms with Gasteiger partial charge < -0.3 is 5.73 Å². The molecule has 1 aromatic rings. The Kier molecular flexibility index (Phi) is 1.94. The number of aromatic nitrogens is 1. The molecule has 0 aliphatic rings. The molecule has 1 aromatic heterocycles. The molecule has 2 nitrogen and oxygen atoms in total. The van der Waals surface area contributed by atoms with Crippen LogP contribution in [0.1, 0.15) is 11.3 Å². The van der Waals surface area contributed by atoms with Crippen molar-refractivity contribution < 1.29 is 0 Å². The van der Waals surface area contributed by atoms with E-state index in [1.807, 2.05) is 19.9 Å². The number of aryl methyl sites for hydroxylation is 1. The van der Waals surface area contributed by atoms with Crippen molar-refractivity contribution in [3.63, 3.8) is 0 Å². The fourth-order valence-corrected chi connectivity index (χ4v) is 1.23. The molecule has 10 heavy (non-hydrogen) atoms. The molecular weight excluding hydrogens is 192 g/mol. The summed E-state index contributed by atoms with van der Waals surface area (Å²) in [4.78, 5) is 4.17. The first kappa shape index (κ1) is 7.54. The minimum Gasteiger partial charge on any atom is -0.398 e. The van der Waals surface area contributed by atoms with Crippen LogP contribution in [0.3, 0.4) is 0 Å². The van der Waals surface area contributed by atoms with Gasteiger partial charge in [0.25, 0.3) is 0 Å². The van der Waals surface area contributed by atoms with Crippen LogP contribution in [0.25, 0.3) is 0 Å². The molecule has 0 aromatic carbocycles. The number of nitrogen functional groups attached to an aromatic ring is 1. The molecule has 0 bridgehead atoms. The summed E-state index contributed by atoms with van der Waals surface area (Å²) in [6, 6.07) is 1.81. The molecule has 0 fully saturated rings. The molecule has 0 atom stereocenters. The first-order valence-corrected chi connectivity index (χ1v) is 3.80. The molecule has 0 aliphatic carbocycles. The molecule has 54 valence electrons. The minimum absolute atomic E-state index is 0.791. The van der Waals surface area contributed by atoms with E-state index in [-0.39, 0.29) is 0 Å². The van der Waals surface area contributed by atoms with Crippen molar-refractivity contribution in [2.75, 3.05) is 5.73 Å². The lowest BCUT2D eigenvalue weighted by molar-refractivity contribution is 1.13. The Morgan fingerprint density at radius 2 is 2.10 bits per heavy atom. The van der Waals surface area contributed by atoms with Crippen molar-refractivity contribution in [2.24, 2.45) is 0 Å². The summed E-state index contributed by atoms with van der Waals surface area (Å²) < 4.78 is 0.799. The SMILES string of the molecule is Cc1nc(Br)cc(N)c1C. The van der Waals surface area contributed by atoms with Gasteiger partial charge in [0, 0.05) is 11.4 Å². The van der Waals surface area contributed by atoms with Crippen molar-refractivity contribution in [3.8, 4) is 0 Å². The number of halogens is 1. The van der Waals surface area contributed by atoms with Gasteiger partial charge in [-0.25, -0.2) is 4.98 Å². The average Bonchev–Trinajstić information content (AvgIpc) is 1.82. The fourth-order valence-electron chi connectivity index (χ4n) is 0.722. The van der Waals surface area contributed by atoms with Crippen LogP contribution in [-0.4, -0.2) is 4.98 Å². The lowest BCUT2D eigenvalue weighted by Gasteiger charge is -2.02. The van der Waals surface area contributed by atoms with Gasteiger partial charge in [-0.15, -0.1) is 0 Å². The molecule has 0 aliphatic heterocycles. The summed E-state index contributed by atoms with van der Waals surface area (Å²) in [5.74, 6) is 0. The first-order valence-electron chi connectivity index (χ1n) is 3.00. The van der Waals surface area contributed by atoms with Crippen LogP contribution in [-0.2, 0) is 0 Å². The highest BCUT2D eigenvalue weighted by Crippen LogP contribution is 2.17. The summed E-state index contributed by atoms with van der Waals surface area (Å²) in [7, 11) is 0. The third-order valence-electron chi connectivity index (χ3n) is 1.52. The van der Waals surface area contributed by atoms with Crippen molar-refractivity contribution in [1.29, 1.82) is 0 Å². The highest BCUT2D eigenvalue weighted by atomic mass is 79.9. The van der Waals surface area contributed by atoms with Gasteiger partial charge in [0.2, 0.25) is 0 Å². The summed E-state index contributed by atoms with van der Waals surface area (Å²) in [6.45, 7) is 3.90. The fraction of sp³-hybridized carbons (Fsp3) is 0.286. The molecule has 0 saturated carbocycles. The quantitative estimate of drug-likeness (QED) is 0.652. The topological polar surface area (TPSA) is 38.9 Å². The van der Waals surface area contributed by atoms with Crippen LogP contribution in [0.15, 0.2) is 10.7 Å². The zero-order valence-corrected chi connectivity index (χ0v) is 7.57. The van der Waals surface area contributed by atoms with Gasteiger partial charge in [-0.05, 0) is 41.4 Å². The van der Waals surface area contributed by atoms with E-state index in [1.54, 1.807) is 0 Å². The number of anilines is 1. The third-order valence-corrected chi connectivity index (χ3v) is 1.93. The molecule has 1 rings (SSSR count). The number of pyridine rings is 1. The van der Waals surface area contributed by atoms with E-state index >= 15 is 0 Å². The minimum atomic E-state index is 0.791. The molecule has 3 heteroatoms. The summed E-state index contributed by atoms with van der Waals surface area (Å²) in [5, 5.41) is 0. The Morgan fingerprint density at radius 1 is 1.50 bits per heavy atom.